The van der Waals surface area contributed by atoms with Gasteiger partial charge in [-0.2, -0.15) is 0 Å². The highest BCUT2D eigenvalue weighted by atomic mass is 32.1. The summed E-state index contributed by atoms with van der Waals surface area (Å²) in [5, 5.41) is 3.02. The van der Waals surface area contributed by atoms with Gasteiger partial charge in [0.1, 0.15) is 6.10 Å². The van der Waals surface area contributed by atoms with E-state index in [9.17, 15) is 4.79 Å². The fourth-order valence-corrected chi connectivity index (χ4v) is 3.25. The van der Waals surface area contributed by atoms with Crippen LogP contribution in [0.2, 0.25) is 0 Å². The second-order valence-corrected chi connectivity index (χ2v) is 6.22. The van der Waals surface area contributed by atoms with Crippen LogP contribution in [0, 0.1) is 12.8 Å². The molecule has 4 heteroatoms. The van der Waals surface area contributed by atoms with E-state index in [0.717, 1.165) is 19.3 Å². The third-order valence-corrected chi connectivity index (χ3v) is 4.56. The van der Waals surface area contributed by atoms with Gasteiger partial charge in [0, 0.05) is 29.3 Å². The van der Waals surface area contributed by atoms with E-state index in [1.165, 1.54) is 9.75 Å². The van der Waals surface area contributed by atoms with Crippen LogP contribution in [0.15, 0.2) is 24.3 Å². The molecule has 1 aromatic heterocycles. The average Bonchev–Trinajstić information content (AvgIpc) is 2.87. The lowest BCUT2D eigenvalue weighted by molar-refractivity contribution is -0.125. The number of hydrogen-bond donors (Lipinski definition) is 1. The summed E-state index contributed by atoms with van der Waals surface area (Å²) >= 11 is 1.72. The van der Waals surface area contributed by atoms with Gasteiger partial charge in [0.05, 0.1) is 0 Å². The zero-order chi connectivity index (χ0) is 13.7. The number of carbonyl (C=O) groups excluding carboxylic acids is 1. The molecule has 1 aliphatic rings. The third-order valence-electron chi connectivity index (χ3n) is 3.46. The quantitative estimate of drug-likeness (QED) is 0.840. The number of ether oxygens (including phenoxy) is 1. The Balaban J connectivity index is 1.86. The summed E-state index contributed by atoms with van der Waals surface area (Å²) in [7, 11) is 1.69. The van der Waals surface area contributed by atoms with Crippen molar-refractivity contribution in [3.05, 3.63) is 34.0 Å². The summed E-state index contributed by atoms with van der Waals surface area (Å²) in [6.07, 6.45) is 7.04. The number of amides is 1. The first kappa shape index (κ1) is 14.3. The van der Waals surface area contributed by atoms with Crippen molar-refractivity contribution < 1.29 is 9.53 Å². The van der Waals surface area contributed by atoms with E-state index in [2.05, 4.69) is 36.5 Å². The molecule has 1 heterocycles. The summed E-state index contributed by atoms with van der Waals surface area (Å²) in [5.41, 5.74) is 0. The minimum Gasteiger partial charge on any atom is -0.374 e. The smallest absolute Gasteiger partial charge is 0.223 e. The Morgan fingerprint density at radius 3 is 2.95 bits per heavy atom. The monoisotopic (exact) mass is 279 g/mol. The molecule has 1 aliphatic carbocycles. The number of thiophene rings is 1. The second-order valence-electron chi connectivity index (χ2n) is 4.90. The maximum Gasteiger partial charge on any atom is 0.223 e. The molecular formula is C15H21NO2S. The van der Waals surface area contributed by atoms with Gasteiger partial charge in [-0.15, -0.1) is 11.3 Å². The predicted octanol–water partition coefficient (Wildman–Crippen LogP) is 3.22. The largest absolute Gasteiger partial charge is 0.374 e. The zero-order valence-corrected chi connectivity index (χ0v) is 12.3. The second kappa shape index (κ2) is 6.87. The molecule has 2 atom stereocenters. The topological polar surface area (TPSA) is 38.3 Å². The van der Waals surface area contributed by atoms with Crippen molar-refractivity contribution in [2.45, 2.75) is 32.3 Å². The molecule has 0 saturated heterocycles. The molecule has 0 unspecified atom stereocenters. The Bertz CT molecular complexity index is 453. The normalized spacial score (nSPS) is 20.2. The van der Waals surface area contributed by atoms with Crippen LogP contribution in [0.25, 0.3) is 0 Å². The summed E-state index contributed by atoms with van der Waals surface area (Å²) in [5.74, 6) is 0.284. The fourth-order valence-electron chi connectivity index (χ4n) is 2.30. The minimum atomic E-state index is -0.0400. The Labute approximate surface area is 118 Å². The first-order valence-corrected chi connectivity index (χ1v) is 7.54. The van der Waals surface area contributed by atoms with Crippen molar-refractivity contribution in [2.24, 2.45) is 5.92 Å². The van der Waals surface area contributed by atoms with E-state index >= 15 is 0 Å². The van der Waals surface area contributed by atoms with Gasteiger partial charge in [-0.3, -0.25) is 4.79 Å². The molecule has 0 bridgehead atoms. The predicted molar refractivity (Wildman–Crippen MR) is 78.3 cm³/mol. The van der Waals surface area contributed by atoms with Gasteiger partial charge in [-0.05, 0) is 38.3 Å². The van der Waals surface area contributed by atoms with E-state index in [0.29, 0.717) is 6.54 Å². The maximum absolute atomic E-state index is 12.1. The number of methoxy groups -OCH3 is 1. The van der Waals surface area contributed by atoms with Gasteiger partial charge in [-0.25, -0.2) is 0 Å². The molecule has 104 valence electrons. The molecule has 3 nitrogen and oxygen atoms in total. The number of hydrogen-bond acceptors (Lipinski definition) is 3. The third kappa shape index (κ3) is 3.91. The van der Waals surface area contributed by atoms with E-state index < -0.39 is 0 Å². The molecule has 0 radical (unpaired) electrons. The van der Waals surface area contributed by atoms with Crippen LogP contribution >= 0.6 is 11.3 Å². The molecule has 0 saturated carbocycles. The van der Waals surface area contributed by atoms with E-state index in [4.69, 9.17) is 4.74 Å². The van der Waals surface area contributed by atoms with Gasteiger partial charge in [0.25, 0.3) is 0 Å². The van der Waals surface area contributed by atoms with Crippen molar-refractivity contribution in [3.63, 3.8) is 0 Å². The fraction of sp³-hybridized carbons (Fsp3) is 0.533. The number of aryl methyl sites for hydroxylation is 1. The molecule has 0 spiro atoms. The molecule has 0 aliphatic heterocycles. The van der Waals surface area contributed by atoms with Crippen molar-refractivity contribution in [1.82, 2.24) is 5.32 Å². The lowest BCUT2D eigenvalue weighted by atomic mass is 9.93. The molecule has 1 N–H and O–H groups in total. The van der Waals surface area contributed by atoms with E-state index in [-0.39, 0.29) is 17.9 Å². The van der Waals surface area contributed by atoms with Gasteiger partial charge in [0.15, 0.2) is 0 Å². The van der Waals surface area contributed by atoms with Crippen LogP contribution in [0.1, 0.15) is 35.1 Å². The lowest BCUT2D eigenvalue weighted by Crippen LogP contribution is -2.34. The Morgan fingerprint density at radius 1 is 1.53 bits per heavy atom. The standard InChI is InChI=1S/C15H21NO2S/c1-11-8-9-14(19-11)13(18-2)10-16-15(17)12-6-4-3-5-7-12/h3-4,8-9,12-13H,5-7,10H2,1-2H3,(H,16,17)/t12-,13-/m1/s1. The van der Waals surface area contributed by atoms with Crippen molar-refractivity contribution >= 4 is 17.2 Å². The number of carbonyl (C=O) groups is 1. The highest BCUT2D eigenvalue weighted by Gasteiger charge is 2.20. The van der Waals surface area contributed by atoms with Crippen molar-refractivity contribution in [1.29, 1.82) is 0 Å². The molecule has 0 aromatic carbocycles. The van der Waals surface area contributed by atoms with E-state index in [1.54, 1.807) is 18.4 Å². The van der Waals surface area contributed by atoms with Gasteiger partial charge < -0.3 is 10.1 Å². The highest BCUT2D eigenvalue weighted by molar-refractivity contribution is 7.12. The molecule has 19 heavy (non-hydrogen) atoms. The average molecular weight is 279 g/mol. The molecule has 2 rings (SSSR count). The minimum absolute atomic E-state index is 0.0400. The number of nitrogens with one attached hydrogen (secondary N) is 1. The number of allylic oxidation sites excluding steroid dienone is 2. The molecule has 1 aromatic rings. The molecule has 1 amide bonds. The summed E-state index contributed by atoms with van der Waals surface area (Å²) in [6.45, 7) is 2.63. The SMILES string of the molecule is CO[C@H](CNC(=O)[C@@H]1CC=CCC1)c1ccc(C)s1. The van der Waals surface area contributed by atoms with Gasteiger partial charge in [0.2, 0.25) is 5.91 Å². The molecular weight excluding hydrogens is 258 g/mol. The van der Waals surface area contributed by atoms with Gasteiger partial charge in [-0.1, -0.05) is 12.2 Å². The number of rotatable bonds is 5. The van der Waals surface area contributed by atoms with Crippen LogP contribution in [0.5, 0.6) is 0 Å². The van der Waals surface area contributed by atoms with Crippen LogP contribution in [0.4, 0.5) is 0 Å². The summed E-state index contributed by atoms with van der Waals surface area (Å²) in [4.78, 5) is 14.5. The first-order valence-electron chi connectivity index (χ1n) is 6.72. The highest BCUT2D eigenvalue weighted by Crippen LogP contribution is 2.25. The first-order chi connectivity index (χ1) is 9.20. The van der Waals surface area contributed by atoms with Crippen LogP contribution in [-0.2, 0) is 9.53 Å². The summed E-state index contributed by atoms with van der Waals surface area (Å²) in [6, 6.07) is 4.16. The van der Waals surface area contributed by atoms with Crippen molar-refractivity contribution in [3.8, 4) is 0 Å². The zero-order valence-electron chi connectivity index (χ0n) is 11.5. The lowest BCUT2D eigenvalue weighted by Gasteiger charge is -2.20. The molecule has 0 fully saturated rings. The Morgan fingerprint density at radius 2 is 2.37 bits per heavy atom. The van der Waals surface area contributed by atoms with E-state index in [1.807, 2.05) is 0 Å². The van der Waals surface area contributed by atoms with Crippen LogP contribution < -0.4 is 5.32 Å². The Hall–Kier alpha value is -1.13. The van der Waals surface area contributed by atoms with Crippen molar-refractivity contribution in [2.75, 3.05) is 13.7 Å². The maximum atomic E-state index is 12.1. The summed E-state index contributed by atoms with van der Waals surface area (Å²) < 4.78 is 5.47. The Kier molecular flexibility index (Phi) is 5.16. The van der Waals surface area contributed by atoms with Crippen LogP contribution in [0.3, 0.4) is 0 Å². The van der Waals surface area contributed by atoms with Gasteiger partial charge >= 0.3 is 0 Å². The van der Waals surface area contributed by atoms with Crippen LogP contribution in [-0.4, -0.2) is 19.6 Å².